The van der Waals surface area contributed by atoms with Crippen LogP contribution in [0.2, 0.25) is 0 Å². The zero-order valence-corrected chi connectivity index (χ0v) is 15.0. The normalized spacial score (nSPS) is 11.7. The summed E-state index contributed by atoms with van der Waals surface area (Å²) < 4.78 is 42.0. The second-order valence-electron chi connectivity index (χ2n) is 5.30. The first-order valence-electron chi connectivity index (χ1n) is 5.71. The van der Waals surface area contributed by atoms with Crippen molar-refractivity contribution in [2.45, 2.75) is 26.2 Å². The molecule has 0 radical (unpaired) electrons. The summed E-state index contributed by atoms with van der Waals surface area (Å²) in [6.45, 7) is 3.54. The topological polar surface area (TPSA) is 9.23 Å². The molecule has 0 saturated carbocycles. The van der Waals surface area contributed by atoms with E-state index in [-0.39, 0.29) is 56.8 Å². The van der Waals surface area contributed by atoms with E-state index in [0.29, 0.717) is 5.75 Å². The second-order valence-corrected chi connectivity index (χ2v) is 5.30. The minimum Gasteiger partial charge on any atom is -0.492 e. The summed E-state index contributed by atoms with van der Waals surface area (Å²) in [7, 11) is 0. The molecule has 0 atom stereocenters. The number of halogens is 3. The van der Waals surface area contributed by atoms with Gasteiger partial charge >= 0.3 is 58.4 Å². The third kappa shape index (κ3) is 6.49. The van der Waals surface area contributed by atoms with Gasteiger partial charge in [0.05, 0.1) is 6.61 Å². The third-order valence-electron chi connectivity index (χ3n) is 2.59. The molecule has 19 heavy (non-hydrogen) atoms. The largest absolute Gasteiger partial charge is 1.00 e. The molecule has 0 aliphatic carbocycles. The van der Waals surface area contributed by atoms with Gasteiger partial charge in [-0.15, -0.1) is 12.1 Å². The molecule has 0 aromatic heterocycles. The van der Waals surface area contributed by atoms with Crippen LogP contribution in [-0.2, 0) is 5.41 Å². The molecule has 1 aromatic rings. The Morgan fingerprint density at radius 3 is 2.32 bits per heavy atom. The third-order valence-corrected chi connectivity index (χ3v) is 2.59. The number of rotatable bonds is 4. The maximum Gasteiger partial charge on any atom is 1.00 e. The van der Waals surface area contributed by atoms with E-state index in [2.05, 4.69) is 6.58 Å². The molecule has 0 amide bonds. The summed E-state index contributed by atoms with van der Waals surface area (Å²) >= 11 is 0. The van der Waals surface area contributed by atoms with Gasteiger partial charge in [0.25, 0.3) is 0 Å². The number of hydrogen-bond acceptors (Lipinski definition) is 1. The Bertz CT molecular complexity index is 438. The van der Waals surface area contributed by atoms with Gasteiger partial charge in [-0.05, 0) is 23.1 Å². The molecule has 0 heterocycles. The van der Waals surface area contributed by atoms with Gasteiger partial charge in [-0.3, -0.25) is 0 Å². The Morgan fingerprint density at radius 1 is 1.26 bits per heavy atom. The van der Waals surface area contributed by atoms with Crippen molar-refractivity contribution >= 4 is 6.98 Å². The van der Waals surface area contributed by atoms with Gasteiger partial charge in [0.1, 0.15) is 5.75 Å². The summed E-state index contributed by atoms with van der Waals surface area (Å²) in [6.07, 6.45) is 0. The van der Waals surface area contributed by atoms with Crippen LogP contribution in [0.4, 0.5) is 12.9 Å². The maximum atomic E-state index is 12.3. The maximum absolute atomic E-state index is 12.3. The predicted molar refractivity (Wildman–Crippen MR) is 68.9 cm³/mol. The van der Waals surface area contributed by atoms with Crippen LogP contribution in [0.15, 0.2) is 36.3 Å². The van der Waals surface area contributed by atoms with Crippen LogP contribution >= 0.6 is 0 Å². The van der Waals surface area contributed by atoms with E-state index in [4.69, 9.17) is 4.74 Å². The molecule has 0 spiro atoms. The molecule has 0 saturated heterocycles. The number of benzene rings is 1. The first-order valence-corrected chi connectivity index (χ1v) is 5.71. The Kier molecular flexibility index (Phi) is 7.41. The van der Waals surface area contributed by atoms with Crippen molar-refractivity contribution in [3.05, 3.63) is 41.9 Å². The van der Waals surface area contributed by atoms with Crippen molar-refractivity contribution in [3.8, 4) is 5.75 Å². The quantitative estimate of drug-likeness (QED) is 0.761. The zero-order chi connectivity index (χ0) is 14.0. The predicted octanol–water partition coefficient (Wildman–Crippen LogP) is 1.31. The molecule has 0 N–H and O–H groups in total. The molecule has 0 unspecified atom stereocenters. The summed E-state index contributed by atoms with van der Waals surface area (Å²) in [5, 5.41) is 0. The Hall–Kier alpha value is 0.251. The minimum absolute atomic E-state index is 0. The van der Waals surface area contributed by atoms with Crippen molar-refractivity contribution in [1.82, 2.24) is 0 Å². The Balaban J connectivity index is 0.00000324. The molecule has 0 fully saturated rings. The van der Waals surface area contributed by atoms with Gasteiger partial charge < -0.3 is 17.7 Å². The Morgan fingerprint density at radius 2 is 1.84 bits per heavy atom. The van der Waals surface area contributed by atoms with Crippen molar-refractivity contribution in [1.29, 1.82) is 0 Å². The van der Waals surface area contributed by atoms with Crippen LogP contribution in [0.25, 0.3) is 0 Å². The van der Waals surface area contributed by atoms with Crippen LogP contribution in [0.5, 0.6) is 5.75 Å². The van der Waals surface area contributed by atoms with Gasteiger partial charge in [-0.1, -0.05) is 32.9 Å². The van der Waals surface area contributed by atoms with Crippen LogP contribution in [0.3, 0.4) is 0 Å². The van der Waals surface area contributed by atoms with Gasteiger partial charge in [-0.2, -0.15) is 0 Å². The molecule has 0 bridgehead atoms. The first kappa shape index (κ1) is 19.3. The molecule has 1 aromatic carbocycles. The number of hydrogen-bond donors (Lipinski definition) is 0. The fourth-order valence-electron chi connectivity index (χ4n) is 1.32. The SMILES string of the molecule is C=C(COc1cccc(C(C)(C)C)c1)[B-](F)(F)F.[K+]. The molecular weight excluding hydrogens is 279 g/mol. The van der Waals surface area contributed by atoms with Crippen LogP contribution in [0.1, 0.15) is 26.3 Å². The molecule has 0 aliphatic rings. The standard InChI is InChI=1S/C13H17BF3O.K/c1-10(14(15,16)17)9-18-12-7-5-6-11(8-12)13(2,3)4;/h5-8H,1,9H2,2-4H3;/q-1;+1. The van der Waals surface area contributed by atoms with Crippen molar-refractivity contribution in [3.63, 3.8) is 0 Å². The van der Waals surface area contributed by atoms with Gasteiger partial charge in [-0.25, -0.2) is 0 Å². The van der Waals surface area contributed by atoms with Crippen molar-refractivity contribution < 1.29 is 69.1 Å². The van der Waals surface area contributed by atoms with E-state index >= 15 is 0 Å². The molecule has 0 aliphatic heterocycles. The monoisotopic (exact) mass is 296 g/mol. The van der Waals surface area contributed by atoms with Crippen molar-refractivity contribution in [2.75, 3.05) is 6.61 Å². The summed E-state index contributed by atoms with van der Waals surface area (Å²) in [6, 6.07) is 7.11. The van der Waals surface area contributed by atoms with Crippen LogP contribution in [-0.4, -0.2) is 13.6 Å². The van der Waals surface area contributed by atoms with E-state index in [1.54, 1.807) is 18.2 Å². The second kappa shape index (κ2) is 7.31. The van der Waals surface area contributed by atoms with E-state index in [1.165, 1.54) is 0 Å². The van der Waals surface area contributed by atoms with Crippen molar-refractivity contribution in [2.24, 2.45) is 0 Å². The summed E-state index contributed by atoms with van der Waals surface area (Å²) in [4.78, 5) is 0. The molecule has 1 nitrogen and oxygen atoms in total. The van der Waals surface area contributed by atoms with E-state index in [0.717, 1.165) is 5.56 Å². The van der Waals surface area contributed by atoms with Gasteiger partial charge in [0.2, 0.25) is 0 Å². The van der Waals surface area contributed by atoms with E-state index in [9.17, 15) is 12.9 Å². The first-order chi connectivity index (χ1) is 8.10. The van der Waals surface area contributed by atoms with Gasteiger partial charge in [0, 0.05) is 0 Å². The molecule has 100 valence electrons. The average Bonchev–Trinajstić information content (AvgIpc) is 2.23. The Labute approximate surface area is 155 Å². The molecule has 6 heteroatoms. The zero-order valence-electron chi connectivity index (χ0n) is 11.8. The fraction of sp³-hybridized carbons (Fsp3) is 0.385. The van der Waals surface area contributed by atoms with Crippen LogP contribution < -0.4 is 56.1 Å². The summed E-state index contributed by atoms with van der Waals surface area (Å²) in [5.41, 5.74) is 0.129. The van der Waals surface area contributed by atoms with Crippen LogP contribution in [0, 0.1) is 0 Å². The average molecular weight is 296 g/mol. The minimum atomic E-state index is -5.02. The molecule has 1 rings (SSSR count). The fourth-order valence-corrected chi connectivity index (χ4v) is 1.32. The molecular formula is C13H17BF3KO. The number of ether oxygens (including phenoxy) is 1. The summed E-state index contributed by atoms with van der Waals surface area (Å²) in [5.74, 6) is 0.434. The van der Waals surface area contributed by atoms with Gasteiger partial charge in [0.15, 0.2) is 0 Å². The van der Waals surface area contributed by atoms with E-state index in [1.807, 2.05) is 26.8 Å². The smallest absolute Gasteiger partial charge is 0.492 e. The van der Waals surface area contributed by atoms with E-state index < -0.39 is 19.1 Å².